The van der Waals surface area contributed by atoms with E-state index in [9.17, 15) is 0 Å². The lowest BCUT2D eigenvalue weighted by molar-refractivity contribution is 0.688. The van der Waals surface area contributed by atoms with E-state index in [-0.39, 0.29) is 12.4 Å². The van der Waals surface area contributed by atoms with Gasteiger partial charge in [0.25, 0.3) is 5.78 Å². The van der Waals surface area contributed by atoms with Crippen molar-refractivity contribution >= 4 is 18.2 Å². The highest BCUT2D eigenvalue weighted by Gasteiger charge is 2.20. The first-order chi connectivity index (χ1) is 7.34. The van der Waals surface area contributed by atoms with Crippen LogP contribution in [0.1, 0.15) is 23.7 Å². The SMILES string of the molecule is Cc1cc(C2CCNC2)n2ncnc2n1.Cl. The maximum atomic E-state index is 4.34. The van der Waals surface area contributed by atoms with Crippen LogP contribution in [-0.2, 0) is 0 Å². The molecule has 86 valence electrons. The fraction of sp³-hybridized carbons (Fsp3) is 0.500. The summed E-state index contributed by atoms with van der Waals surface area (Å²) in [4.78, 5) is 8.47. The molecule has 2 aromatic rings. The van der Waals surface area contributed by atoms with Crippen molar-refractivity contribution in [3.05, 3.63) is 23.8 Å². The van der Waals surface area contributed by atoms with Crippen LogP contribution in [0.5, 0.6) is 0 Å². The number of halogens is 1. The van der Waals surface area contributed by atoms with Crippen LogP contribution >= 0.6 is 12.4 Å². The molecular formula is C10H14ClN5. The maximum Gasteiger partial charge on any atom is 0.252 e. The zero-order chi connectivity index (χ0) is 10.3. The summed E-state index contributed by atoms with van der Waals surface area (Å²) in [7, 11) is 0. The Bertz CT molecular complexity index is 489. The van der Waals surface area contributed by atoms with Gasteiger partial charge in [0.15, 0.2) is 0 Å². The summed E-state index contributed by atoms with van der Waals surface area (Å²) in [5, 5.41) is 7.58. The first-order valence-corrected chi connectivity index (χ1v) is 5.22. The largest absolute Gasteiger partial charge is 0.316 e. The van der Waals surface area contributed by atoms with E-state index in [1.807, 2.05) is 11.4 Å². The minimum Gasteiger partial charge on any atom is -0.316 e. The highest BCUT2D eigenvalue weighted by atomic mass is 35.5. The van der Waals surface area contributed by atoms with Crippen molar-refractivity contribution in [2.45, 2.75) is 19.3 Å². The van der Waals surface area contributed by atoms with Gasteiger partial charge in [-0.3, -0.25) is 0 Å². The molecule has 5 nitrogen and oxygen atoms in total. The second kappa shape index (κ2) is 4.35. The highest BCUT2D eigenvalue weighted by Crippen LogP contribution is 2.22. The molecule has 3 rings (SSSR count). The third kappa shape index (κ3) is 1.76. The number of rotatable bonds is 1. The van der Waals surface area contributed by atoms with Crippen molar-refractivity contribution < 1.29 is 0 Å². The zero-order valence-corrected chi connectivity index (χ0v) is 9.87. The van der Waals surface area contributed by atoms with E-state index >= 15 is 0 Å². The molecule has 16 heavy (non-hydrogen) atoms. The number of aromatic nitrogens is 4. The molecule has 2 aromatic heterocycles. The first-order valence-electron chi connectivity index (χ1n) is 5.22. The molecule has 1 aliphatic rings. The van der Waals surface area contributed by atoms with Crippen LogP contribution in [0, 0.1) is 6.92 Å². The van der Waals surface area contributed by atoms with Gasteiger partial charge < -0.3 is 5.32 Å². The third-order valence-electron chi connectivity index (χ3n) is 2.89. The molecule has 1 atom stereocenters. The molecule has 0 radical (unpaired) electrons. The van der Waals surface area contributed by atoms with Gasteiger partial charge in [-0.05, 0) is 26.0 Å². The van der Waals surface area contributed by atoms with Crippen LogP contribution < -0.4 is 5.32 Å². The van der Waals surface area contributed by atoms with Gasteiger partial charge in [0.2, 0.25) is 0 Å². The molecule has 0 aromatic carbocycles. The van der Waals surface area contributed by atoms with Gasteiger partial charge in [-0.2, -0.15) is 10.1 Å². The third-order valence-corrected chi connectivity index (χ3v) is 2.89. The van der Waals surface area contributed by atoms with Crippen LogP contribution in [0.3, 0.4) is 0 Å². The van der Waals surface area contributed by atoms with Gasteiger partial charge in [0, 0.05) is 18.2 Å². The molecule has 0 saturated carbocycles. The van der Waals surface area contributed by atoms with Gasteiger partial charge in [-0.25, -0.2) is 9.50 Å². The predicted molar refractivity (Wildman–Crippen MR) is 63.0 cm³/mol. The van der Waals surface area contributed by atoms with E-state index in [1.165, 1.54) is 12.1 Å². The predicted octanol–water partition coefficient (Wildman–Crippen LogP) is 0.931. The van der Waals surface area contributed by atoms with Crippen molar-refractivity contribution in [2.75, 3.05) is 13.1 Å². The fourth-order valence-electron chi connectivity index (χ4n) is 2.16. The smallest absolute Gasteiger partial charge is 0.252 e. The second-order valence-electron chi connectivity index (χ2n) is 3.98. The molecule has 1 unspecified atom stereocenters. The zero-order valence-electron chi connectivity index (χ0n) is 9.05. The lowest BCUT2D eigenvalue weighted by atomic mass is 10.0. The Hall–Kier alpha value is -1.20. The molecule has 0 bridgehead atoms. The van der Waals surface area contributed by atoms with E-state index in [0.717, 1.165) is 18.8 Å². The molecule has 6 heteroatoms. The van der Waals surface area contributed by atoms with Gasteiger partial charge in [-0.15, -0.1) is 12.4 Å². The summed E-state index contributed by atoms with van der Waals surface area (Å²) >= 11 is 0. The Morgan fingerprint density at radius 3 is 3.12 bits per heavy atom. The second-order valence-corrected chi connectivity index (χ2v) is 3.98. The molecule has 3 heterocycles. The first kappa shape index (κ1) is 11.3. The molecule has 1 fully saturated rings. The van der Waals surface area contributed by atoms with E-state index < -0.39 is 0 Å². The van der Waals surface area contributed by atoms with Crippen LogP contribution in [0.4, 0.5) is 0 Å². The Labute approximate surface area is 99.7 Å². The quantitative estimate of drug-likeness (QED) is 0.805. The average molecular weight is 240 g/mol. The topological polar surface area (TPSA) is 55.1 Å². The van der Waals surface area contributed by atoms with Crippen LogP contribution in [0.25, 0.3) is 5.78 Å². The van der Waals surface area contributed by atoms with E-state index in [4.69, 9.17) is 0 Å². The van der Waals surface area contributed by atoms with Gasteiger partial charge in [-0.1, -0.05) is 0 Å². The summed E-state index contributed by atoms with van der Waals surface area (Å²) in [5.41, 5.74) is 2.23. The Morgan fingerprint density at radius 2 is 2.38 bits per heavy atom. The summed E-state index contributed by atoms with van der Waals surface area (Å²) < 4.78 is 1.85. The maximum absolute atomic E-state index is 4.34. The lowest BCUT2D eigenvalue weighted by Crippen LogP contribution is -2.12. The van der Waals surface area contributed by atoms with Crippen LogP contribution in [0.15, 0.2) is 12.4 Å². The standard InChI is InChI=1S/C10H13N5.ClH/c1-7-4-9(8-2-3-11-5-8)15-10(14-7)12-6-13-15;/h4,6,8,11H,2-3,5H2,1H3;1H. The van der Waals surface area contributed by atoms with Gasteiger partial charge in [0.05, 0.1) is 5.69 Å². The number of nitrogens with zero attached hydrogens (tertiary/aromatic N) is 4. The molecule has 0 amide bonds. The fourth-order valence-corrected chi connectivity index (χ4v) is 2.16. The molecular weight excluding hydrogens is 226 g/mol. The molecule has 0 spiro atoms. The van der Waals surface area contributed by atoms with Crippen molar-refractivity contribution in [2.24, 2.45) is 0 Å². The average Bonchev–Trinajstić information content (AvgIpc) is 2.86. The number of aryl methyl sites for hydroxylation is 1. The van der Waals surface area contributed by atoms with Crippen molar-refractivity contribution in [1.29, 1.82) is 0 Å². The summed E-state index contributed by atoms with van der Waals surface area (Å²) in [5.74, 6) is 1.24. The monoisotopic (exact) mass is 239 g/mol. The minimum atomic E-state index is 0. The number of hydrogen-bond donors (Lipinski definition) is 1. The lowest BCUT2D eigenvalue weighted by Gasteiger charge is -2.10. The van der Waals surface area contributed by atoms with E-state index in [1.54, 1.807) is 6.33 Å². The Morgan fingerprint density at radius 1 is 1.50 bits per heavy atom. The van der Waals surface area contributed by atoms with Crippen molar-refractivity contribution in [3.8, 4) is 0 Å². The van der Waals surface area contributed by atoms with Crippen LogP contribution in [0.2, 0.25) is 0 Å². The van der Waals surface area contributed by atoms with E-state index in [2.05, 4.69) is 26.4 Å². The molecule has 1 aliphatic heterocycles. The summed E-state index contributed by atoms with van der Waals surface area (Å²) in [6.07, 6.45) is 2.73. The number of fused-ring (bicyclic) bond motifs is 1. The Kier molecular flexibility index (Phi) is 3.07. The number of nitrogens with one attached hydrogen (secondary N) is 1. The molecule has 0 aliphatic carbocycles. The molecule has 1 saturated heterocycles. The Balaban J connectivity index is 0.000000963. The van der Waals surface area contributed by atoms with E-state index in [0.29, 0.717) is 11.7 Å². The van der Waals surface area contributed by atoms with Crippen molar-refractivity contribution in [1.82, 2.24) is 24.9 Å². The normalized spacial score (nSPS) is 19.9. The van der Waals surface area contributed by atoms with Gasteiger partial charge >= 0.3 is 0 Å². The molecule has 1 N–H and O–H groups in total. The van der Waals surface area contributed by atoms with Crippen LogP contribution in [-0.4, -0.2) is 32.7 Å². The summed E-state index contributed by atoms with van der Waals surface area (Å²) in [6.45, 7) is 4.11. The minimum absolute atomic E-state index is 0. The van der Waals surface area contributed by atoms with Gasteiger partial charge in [0.1, 0.15) is 6.33 Å². The summed E-state index contributed by atoms with van der Waals surface area (Å²) in [6, 6.07) is 2.11. The number of hydrogen-bond acceptors (Lipinski definition) is 4. The van der Waals surface area contributed by atoms with Crippen molar-refractivity contribution in [3.63, 3.8) is 0 Å². The highest BCUT2D eigenvalue weighted by molar-refractivity contribution is 5.85.